The van der Waals surface area contributed by atoms with E-state index in [0.29, 0.717) is 27.2 Å². The second kappa shape index (κ2) is 14.4. The number of amides is 2. The Balaban J connectivity index is 2.22. The maximum Gasteiger partial charge on any atom is 0.242 e. The summed E-state index contributed by atoms with van der Waals surface area (Å²) >= 11 is 24.6. The van der Waals surface area contributed by atoms with E-state index in [0.717, 1.165) is 23.4 Å². The average Bonchev–Trinajstić information content (AvgIpc) is 2.82. The van der Waals surface area contributed by atoms with Crippen LogP contribution in [-0.2, 0) is 26.2 Å². The predicted octanol–water partition coefficient (Wildman–Crippen LogP) is 6.18. The van der Waals surface area contributed by atoms with Gasteiger partial charge in [-0.25, -0.2) is 8.42 Å². The van der Waals surface area contributed by atoms with Gasteiger partial charge in [0.25, 0.3) is 0 Å². The molecule has 204 valence electrons. The molecule has 0 heterocycles. The minimum Gasteiger partial charge on any atom is -0.354 e. The molecular formula is C25H31Cl4N3O4S. The number of sulfonamides is 1. The van der Waals surface area contributed by atoms with E-state index in [1.165, 1.54) is 17.0 Å². The van der Waals surface area contributed by atoms with Gasteiger partial charge in [-0.3, -0.25) is 13.9 Å². The van der Waals surface area contributed by atoms with Crippen LogP contribution in [0.3, 0.4) is 0 Å². The minimum absolute atomic E-state index is 0.00272. The lowest BCUT2D eigenvalue weighted by Crippen LogP contribution is -2.48. The number of hydrogen-bond acceptors (Lipinski definition) is 4. The maximum atomic E-state index is 13.4. The van der Waals surface area contributed by atoms with Gasteiger partial charge in [0.15, 0.2) is 0 Å². The number of nitrogens with zero attached hydrogens (tertiary/aromatic N) is 2. The Morgan fingerprint density at radius 1 is 0.973 bits per heavy atom. The standard InChI is InChI=1S/C25H31Cl4N3O4S/c1-4-5-12-30-25(34)17(2)31(16-18-8-9-19(26)14-22(18)29)24(33)7-6-13-32(37(3,35)36)23-15-20(27)10-11-21(23)28/h8-11,14-15,17H,4-7,12-13,16H2,1-3H3,(H,30,34)/t17-/m0/s1. The normalized spacial score (nSPS) is 12.2. The summed E-state index contributed by atoms with van der Waals surface area (Å²) in [5.74, 6) is -0.606. The summed E-state index contributed by atoms with van der Waals surface area (Å²) in [7, 11) is -3.71. The van der Waals surface area contributed by atoms with Crippen molar-refractivity contribution in [2.24, 2.45) is 0 Å². The van der Waals surface area contributed by atoms with Crippen molar-refractivity contribution in [3.8, 4) is 0 Å². The first kappa shape index (κ1) is 31.5. The highest BCUT2D eigenvalue weighted by molar-refractivity contribution is 7.92. The molecule has 0 saturated carbocycles. The number of carbonyl (C=O) groups is 2. The molecule has 0 bridgehead atoms. The number of unbranched alkanes of at least 4 members (excludes halogenated alkanes) is 1. The number of anilines is 1. The molecule has 1 atom stereocenters. The van der Waals surface area contributed by atoms with E-state index in [-0.39, 0.29) is 48.5 Å². The van der Waals surface area contributed by atoms with Crippen LogP contribution in [0.1, 0.15) is 45.1 Å². The Morgan fingerprint density at radius 3 is 2.24 bits per heavy atom. The molecule has 0 aliphatic rings. The number of carbonyl (C=O) groups excluding carboxylic acids is 2. The van der Waals surface area contributed by atoms with Crippen molar-refractivity contribution < 1.29 is 18.0 Å². The highest BCUT2D eigenvalue weighted by atomic mass is 35.5. The Labute approximate surface area is 239 Å². The van der Waals surface area contributed by atoms with Gasteiger partial charge in [0, 0.05) is 41.1 Å². The number of hydrogen-bond donors (Lipinski definition) is 1. The molecular weight excluding hydrogens is 580 g/mol. The first-order chi connectivity index (χ1) is 17.3. The van der Waals surface area contributed by atoms with Crippen LogP contribution in [0.2, 0.25) is 20.1 Å². The fraction of sp³-hybridized carbons (Fsp3) is 0.440. The van der Waals surface area contributed by atoms with Crippen molar-refractivity contribution in [3.63, 3.8) is 0 Å². The molecule has 2 aromatic carbocycles. The third-order valence-corrected chi connectivity index (χ3v) is 8.00. The quantitative estimate of drug-likeness (QED) is 0.274. The first-order valence-electron chi connectivity index (χ1n) is 11.8. The first-order valence-corrected chi connectivity index (χ1v) is 15.1. The van der Waals surface area contributed by atoms with Crippen molar-refractivity contribution in [2.75, 3.05) is 23.7 Å². The van der Waals surface area contributed by atoms with Crippen molar-refractivity contribution in [2.45, 2.75) is 52.1 Å². The fourth-order valence-electron chi connectivity index (χ4n) is 3.61. The molecule has 2 rings (SSSR count). The Hall–Kier alpha value is -1.71. The van der Waals surface area contributed by atoms with E-state index >= 15 is 0 Å². The van der Waals surface area contributed by atoms with Crippen molar-refractivity contribution in [1.82, 2.24) is 10.2 Å². The van der Waals surface area contributed by atoms with Gasteiger partial charge < -0.3 is 10.2 Å². The van der Waals surface area contributed by atoms with Crippen LogP contribution >= 0.6 is 46.4 Å². The second-order valence-electron chi connectivity index (χ2n) is 8.61. The van der Waals surface area contributed by atoms with Gasteiger partial charge >= 0.3 is 0 Å². The number of rotatable bonds is 13. The van der Waals surface area contributed by atoms with Gasteiger partial charge in [-0.05, 0) is 55.7 Å². The molecule has 0 radical (unpaired) electrons. The number of halogens is 4. The molecule has 37 heavy (non-hydrogen) atoms. The third kappa shape index (κ3) is 9.52. The summed E-state index contributed by atoms with van der Waals surface area (Å²) in [4.78, 5) is 27.6. The maximum absolute atomic E-state index is 13.4. The summed E-state index contributed by atoms with van der Waals surface area (Å²) in [6.45, 7) is 4.26. The van der Waals surface area contributed by atoms with Gasteiger partial charge in [-0.1, -0.05) is 65.8 Å². The summed E-state index contributed by atoms with van der Waals surface area (Å²) in [6, 6.07) is 8.71. The van der Waals surface area contributed by atoms with Crippen molar-refractivity contribution >= 4 is 73.9 Å². The highest BCUT2D eigenvalue weighted by Gasteiger charge is 2.27. The predicted molar refractivity (Wildman–Crippen MR) is 152 cm³/mol. The van der Waals surface area contributed by atoms with Crippen molar-refractivity contribution in [1.29, 1.82) is 0 Å². The van der Waals surface area contributed by atoms with Crippen molar-refractivity contribution in [3.05, 3.63) is 62.1 Å². The largest absolute Gasteiger partial charge is 0.354 e. The van der Waals surface area contributed by atoms with E-state index in [2.05, 4.69) is 5.32 Å². The highest BCUT2D eigenvalue weighted by Crippen LogP contribution is 2.31. The van der Waals surface area contributed by atoms with E-state index in [1.807, 2.05) is 6.92 Å². The van der Waals surface area contributed by atoms with Crippen LogP contribution in [0.15, 0.2) is 36.4 Å². The van der Waals surface area contributed by atoms with Crippen LogP contribution in [-0.4, -0.2) is 50.5 Å². The molecule has 1 N–H and O–H groups in total. The molecule has 0 aliphatic heterocycles. The fourth-order valence-corrected chi connectivity index (χ4v) is 5.48. The molecule has 0 aromatic heterocycles. The third-order valence-electron chi connectivity index (χ3n) is 5.68. The topological polar surface area (TPSA) is 86.8 Å². The minimum atomic E-state index is -3.71. The van der Waals surface area contributed by atoms with Crippen LogP contribution in [0, 0.1) is 0 Å². The zero-order valence-electron chi connectivity index (χ0n) is 20.9. The zero-order valence-corrected chi connectivity index (χ0v) is 24.8. The second-order valence-corrected chi connectivity index (χ2v) is 12.2. The van der Waals surface area contributed by atoms with Gasteiger partial charge in [-0.15, -0.1) is 0 Å². The smallest absolute Gasteiger partial charge is 0.242 e. The molecule has 0 saturated heterocycles. The Morgan fingerprint density at radius 2 is 1.62 bits per heavy atom. The molecule has 0 unspecified atom stereocenters. The van der Waals surface area contributed by atoms with Crippen LogP contribution in [0.4, 0.5) is 5.69 Å². The summed E-state index contributed by atoms with van der Waals surface area (Å²) in [5, 5.41) is 4.24. The number of nitrogens with one attached hydrogen (secondary N) is 1. The summed E-state index contributed by atoms with van der Waals surface area (Å²) < 4.78 is 26.1. The molecule has 0 fully saturated rings. The lowest BCUT2D eigenvalue weighted by Gasteiger charge is -2.30. The van der Waals surface area contributed by atoms with Gasteiger partial charge in [0.1, 0.15) is 6.04 Å². The van der Waals surface area contributed by atoms with Gasteiger partial charge in [0.05, 0.1) is 17.0 Å². The lowest BCUT2D eigenvalue weighted by molar-refractivity contribution is -0.140. The molecule has 7 nitrogen and oxygen atoms in total. The molecule has 12 heteroatoms. The molecule has 2 amide bonds. The monoisotopic (exact) mass is 609 g/mol. The summed E-state index contributed by atoms with van der Waals surface area (Å²) in [5.41, 5.74) is 0.869. The molecule has 0 spiro atoms. The van der Waals surface area contributed by atoms with Gasteiger partial charge in [-0.2, -0.15) is 0 Å². The molecule has 0 aliphatic carbocycles. The van der Waals surface area contributed by atoms with E-state index in [1.54, 1.807) is 31.2 Å². The Kier molecular flexibility index (Phi) is 12.3. The van der Waals surface area contributed by atoms with Crippen LogP contribution in [0.25, 0.3) is 0 Å². The zero-order chi connectivity index (χ0) is 27.8. The lowest BCUT2D eigenvalue weighted by atomic mass is 10.1. The average molecular weight is 611 g/mol. The van der Waals surface area contributed by atoms with Crippen LogP contribution in [0.5, 0.6) is 0 Å². The number of benzene rings is 2. The van der Waals surface area contributed by atoms with E-state index < -0.39 is 16.1 Å². The van der Waals surface area contributed by atoms with Gasteiger partial charge in [0.2, 0.25) is 21.8 Å². The summed E-state index contributed by atoms with van der Waals surface area (Å²) in [6.07, 6.45) is 2.98. The SMILES string of the molecule is CCCCNC(=O)[C@H](C)N(Cc1ccc(Cl)cc1Cl)C(=O)CCCN(c1cc(Cl)ccc1Cl)S(C)(=O)=O. The Bertz CT molecular complexity index is 1210. The van der Waals surface area contributed by atoms with E-state index in [4.69, 9.17) is 46.4 Å². The molecule has 2 aromatic rings. The van der Waals surface area contributed by atoms with Crippen LogP contribution < -0.4 is 9.62 Å². The van der Waals surface area contributed by atoms with E-state index in [9.17, 15) is 18.0 Å².